The number of morpholine rings is 1. The summed E-state index contributed by atoms with van der Waals surface area (Å²) in [6.45, 7) is 5.34. The summed E-state index contributed by atoms with van der Waals surface area (Å²) < 4.78 is 5.43. The first-order valence-electron chi connectivity index (χ1n) is 6.89. The molecule has 1 fully saturated rings. The van der Waals surface area contributed by atoms with Crippen LogP contribution in [0.1, 0.15) is 25.3 Å². The zero-order chi connectivity index (χ0) is 15.5. The summed E-state index contributed by atoms with van der Waals surface area (Å²) in [6, 6.07) is 9.10. The van der Waals surface area contributed by atoms with Gasteiger partial charge in [0.1, 0.15) is 5.92 Å². The average molecular weight is 291 g/mol. The van der Waals surface area contributed by atoms with Gasteiger partial charge in [-0.25, -0.2) is 0 Å². The van der Waals surface area contributed by atoms with Gasteiger partial charge in [0.25, 0.3) is 0 Å². The standard InChI is InChI=1S/C15H21N3O3/c1-15(2)10-21-9-8-18(15)14(19)12(13(16)17-20)11-6-4-3-5-7-11/h3-7,12,20H,8-10H2,1-2H3,(H2,16,17). The molecule has 1 heterocycles. The molecular weight excluding hydrogens is 270 g/mol. The first-order valence-corrected chi connectivity index (χ1v) is 6.89. The Morgan fingerprint density at radius 3 is 2.67 bits per heavy atom. The van der Waals surface area contributed by atoms with Crippen LogP contribution in [0.2, 0.25) is 0 Å². The van der Waals surface area contributed by atoms with Crippen molar-refractivity contribution in [1.82, 2.24) is 4.90 Å². The molecule has 1 aliphatic rings. The lowest BCUT2D eigenvalue weighted by molar-refractivity contribution is -0.146. The van der Waals surface area contributed by atoms with E-state index in [9.17, 15) is 4.79 Å². The summed E-state index contributed by atoms with van der Waals surface area (Å²) >= 11 is 0. The summed E-state index contributed by atoms with van der Waals surface area (Å²) in [6.07, 6.45) is 0. The highest BCUT2D eigenvalue weighted by Crippen LogP contribution is 2.26. The number of carbonyl (C=O) groups is 1. The topological polar surface area (TPSA) is 88.2 Å². The Kier molecular flexibility index (Phi) is 4.47. The second-order valence-electron chi connectivity index (χ2n) is 5.72. The maximum atomic E-state index is 12.9. The van der Waals surface area contributed by atoms with E-state index in [4.69, 9.17) is 15.7 Å². The highest BCUT2D eigenvalue weighted by Gasteiger charge is 2.39. The van der Waals surface area contributed by atoms with Crippen LogP contribution in [0.3, 0.4) is 0 Å². The number of ether oxygens (including phenoxy) is 1. The second kappa shape index (κ2) is 6.13. The Hall–Kier alpha value is -2.08. The van der Waals surface area contributed by atoms with Gasteiger partial charge in [0.2, 0.25) is 5.91 Å². The highest BCUT2D eigenvalue weighted by atomic mass is 16.5. The number of oxime groups is 1. The fourth-order valence-electron chi connectivity index (χ4n) is 2.57. The maximum absolute atomic E-state index is 12.9. The van der Waals surface area contributed by atoms with Gasteiger partial charge in [0.05, 0.1) is 18.8 Å². The zero-order valence-electron chi connectivity index (χ0n) is 12.3. The third kappa shape index (κ3) is 3.16. The fourth-order valence-corrected chi connectivity index (χ4v) is 2.57. The van der Waals surface area contributed by atoms with Crippen LogP contribution in [0, 0.1) is 0 Å². The number of nitrogens with two attached hydrogens (primary N) is 1. The second-order valence-corrected chi connectivity index (χ2v) is 5.72. The van der Waals surface area contributed by atoms with Gasteiger partial charge in [0, 0.05) is 6.54 Å². The number of hydrogen-bond acceptors (Lipinski definition) is 4. The quantitative estimate of drug-likeness (QED) is 0.378. The molecule has 6 nitrogen and oxygen atoms in total. The molecule has 6 heteroatoms. The highest BCUT2D eigenvalue weighted by molar-refractivity contribution is 6.07. The number of hydrogen-bond donors (Lipinski definition) is 2. The van der Waals surface area contributed by atoms with E-state index in [1.54, 1.807) is 17.0 Å². The largest absolute Gasteiger partial charge is 0.409 e. The van der Waals surface area contributed by atoms with E-state index >= 15 is 0 Å². The molecule has 1 aliphatic heterocycles. The summed E-state index contributed by atoms with van der Waals surface area (Å²) in [5.41, 5.74) is 6.06. The van der Waals surface area contributed by atoms with Crippen LogP contribution >= 0.6 is 0 Å². The van der Waals surface area contributed by atoms with Crippen LogP contribution in [0.4, 0.5) is 0 Å². The number of amidine groups is 1. The van der Waals surface area contributed by atoms with E-state index in [0.29, 0.717) is 25.3 Å². The average Bonchev–Trinajstić information content (AvgIpc) is 2.47. The molecule has 0 aliphatic carbocycles. The van der Waals surface area contributed by atoms with Crippen molar-refractivity contribution >= 4 is 11.7 Å². The first kappa shape index (κ1) is 15.3. The Bertz CT molecular complexity index is 528. The van der Waals surface area contributed by atoms with Crippen molar-refractivity contribution in [2.24, 2.45) is 10.9 Å². The van der Waals surface area contributed by atoms with Gasteiger partial charge in [-0.2, -0.15) is 0 Å². The number of amides is 1. The molecular formula is C15H21N3O3. The van der Waals surface area contributed by atoms with Crippen LogP contribution in [-0.4, -0.2) is 47.1 Å². The van der Waals surface area contributed by atoms with Crippen LogP contribution < -0.4 is 5.73 Å². The Labute approximate surface area is 124 Å². The lowest BCUT2D eigenvalue weighted by atomic mass is 9.93. The lowest BCUT2D eigenvalue weighted by Gasteiger charge is -2.43. The molecule has 0 radical (unpaired) electrons. The molecule has 0 aromatic heterocycles. The van der Waals surface area contributed by atoms with E-state index in [2.05, 4.69) is 5.16 Å². The van der Waals surface area contributed by atoms with E-state index in [1.165, 1.54) is 0 Å². The number of carbonyl (C=O) groups excluding carboxylic acids is 1. The number of benzene rings is 1. The van der Waals surface area contributed by atoms with Crippen LogP contribution in [0.15, 0.2) is 35.5 Å². The smallest absolute Gasteiger partial charge is 0.238 e. The summed E-state index contributed by atoms with van der Waals surface area (Å²) in [4.78, 5) is 14.7. The fraction of sp³-hybridized carbons (Fsp3) is 0.467. The third-order valence-corrected chi connectivity index (χ3v) is 3.70. The molecule has 21 heavy (non-hydrogen) atoms. The van der Waals surface area contributed by atoms with Crippen molar-refractivity contribution < 1.29 is 14.7 Å². The van der Waals surface area contributed by atoms with Gasteiger partial charge in [-0.05, 0) is 19.4 Å². The van der Waals surface area contributed by atoms with Gasteiger partial charge < -0.3 is 20.6 Å². The maximum Gasteiger partial charge on any atom is 0.238 e. The minimum atomic E-state index is -0.784. The number of nitrogens with zero attached hydrogens (tertiary/aromatic N) is 2. The van der Waals surface area contributed by atoms with Gasteiger partial charge in [0.15, 0.2) is 5.84 Å². The Morgan fingerprint density at radius 1 is 1.43 bits per heavy atom. The van der Waals surface area contributed by atoms with Crippen LogP contribution in [0.5, 0.6) is 0 Å². The molecule has 1 atom stereocenters. The summed E-state index contributed by atoms with van der Waals surface area (Å²) in [7, 11) is 0. The minimum Gasteiger partial charge on any atom is -0.409 e. The van der Waals surface area contributed by atoms with Crippen LogP contribution in [0.25, 0.3) is 0 Å². The Balaban J connectivity index is 2.35. The molecule has 0 saturated carbocycles. The van der Waals surface area contributed by atoms with Gasteiger partial charge in [-0.15, -0.1) is 0 Å². The van der Waals surface area contributed by atoms with Crippen molar-refractivity contribution in [2.45, 2.75) is 25.3 Å². The molecule has 0 bridgehead atoms. The molecule has 1 saturated heterocycles. The summed E-state index contributed by atoms with van der Waals surface area (Å²) in [5.74, 6) is -1.06. The van der Waals surface area contributed by atoms with Crippen LogP contribution in [-0.2, 0) is 9.53 Å². The van der Waals surface area contributed by atoms with Crippen molar-refractivity contribution in [2.75, 3.05) is 19.8 Å². The van der Waals surface area contributed by atoms with Gasteiger partial charge in [-0.1, -0.05) is 35.5 Å². The van der Waals surface area contributed by atoms with Gasteiger partial charge in [-0.3, -0.25) is 4.79 Å². The molecule has 1 aromatic rings. The molecule has 2 rings (SSSR count). The van der Waals surface area contributed by atoms with E-state index < -0.39 is 11.5 Å². The molecule has 1 amide bonds. The molecule has 0 spiro atoms. The van der Waals surface area contributed by atoms with Crippen molar-refractivity contribution in [3.05, 3.63) is 35.9 Å². The predicted molar refractivity (Wildman–Crippen MR) is 79.2 cm³/mol. The molecule has 1 aromatic carbocycles. The minimum absolute atomic E-state index is 0.103. The SMILES string of the molecule is CC1(C)COCCN1C(=O)C(C(N)=NO)c1ccccc1. The van der Waals surface area contributed by atoms with E-state index in [-0.39, 0.29) is 11.7 Å². The first-order chi connectivity index (χ1) is 9.97. The molecule has 3 N–H and O–H groups in total. The van der Waals surface area contributed by atoms with Gasteiger partial charge >= 0.3 is 0 Å². The lowest BCUT2D eigenvalue weighted by Crippen LogP contribution is -2.57. The van der Waals surface area contributed by atoms with E-state index in [1.807, 2.05) is 32.0 Å². The zero-order valence-corrected chi connectivity index (χ0v) is 12.3. The number of rotatable bonds is 3. The third-order valence-electron chi connectivity index (χ3n) is 3.70. The monoisotopic (exact) mass is 291 g/mol. The summed E-state index contributed by atoms with van der Waals surface area (Å²) in [5, 5.41) is 12.1. The van der Waals surface area contributed by atoms with E-state index in [0.717, 1.165) is 0 Å². The Morgan fingerprint density at radius 2 is 2.10 bits per heavy atom. The molecule has 1 unspecified atom stereocenters. The predicted octanol–water partition coefficient (Wildman–Crippen LogP) is 1.15. The van der Waals surface area contributed by atoms with Crippen molar-refractivity contribution in [1.29, 1.82) is 0 Å². The molecule has 114 valence electrons. The van der Waals surface area contributed by atoms with Crippen molar-refractivity contribution in [3.8, 4) is 0 Å². The normalized spacial score (nSPS) is 20.1. The van der Waals surface area contributed by atoms with Crippen molar-refractivity contribution in [3.63, 3.8) is 0 Å².